The minimum absolute atomic E-state index is 0.627. The quantitative estimate of drug-likeness (QED) is 0.850. The molecule has 120 valence electrons. The number of fused-ring (bicyclic) bond motifs is 1. The van der Waals surface area contributed by atoms with E-state index < -0.39 is 0 Å². The Bertz CT molecular complexity index is 699. The fraction of sp³-hybridized carbons (Fsp3) is 0.500. The van der Waals surface area contributed by atoms with Crippen molar-refractivity contribution >= 4 is 0 Å². The minimum Gasteiger partial charge on any atom is -0.478 e. The molecular formula is C18H22N4O. The Kier molecular flexibility index (Phi) is 3.95. The number of ether oxygens (including phenoxy) is 1. The fourth-order valence-electron chi connectivity index (χ4n) is 3.12. The standard InChI is InChI=1S/C18H22N4O/c1-2-23-18-14(4-3-8-19-18)11-22-9-7-16-15(12-22)10-20-17(21-16)13-5-6-13/h3-4,8,10,13H,2,5-7,9,11-12H2,1H3. The van der Waals surface area contributed by atoms with Crippen molar-refractivity contribution in [1.29, 1.82) is 0 Å². The molecule has 0 saturated heterocycles. The first-order chi connectivity index (χ1) is 11.3. The average Bonchev–Trinajstić information content (AvgIpc) is 3.41. The SMILES string of the molecule is CCOc1ncccc1CN1CCc2nc(C3CC3)ncc2C1. The maximum atomic E-state index is 5.63. The predicted molar refractivity (Wildman–Crippen MR) is 87.2 cm³/mol. The lowest BCUT2D eigenvalue weighted by molar-refractivity contribution is 0.235. The van der Waals surface area contributed by atoms with Crippen LogP contribution in [0.1, 0.15) is 48.3 Å². The van der Waals surface area contributed by atoms with Gasteiger partial charge in [-0.3, -0.25) is 4.90 Å². The first-order valence-electron chi connectivity index (χ1n) is 8.47. The van der Waals surface area contributed by atoms with Crippen LogP contribution in [0.25, 0.3) is 0 Å². The van der Waals surface area contributed by atoms with E-state index in [2.05, 4.69) is 20.9 Å². The van der Waals surface area contributed by atoms with Crippen molar-refractivity contribution in [3.63, 3.8) is 0 Å². The zero-order chi connectivity index (χ0) is 15.6. The highest BCUT2D eigenvalue weighted by Gasteiger charge is 2.28. The first-order valence-corrected chi connectivity index (χ1v) is 8.47. The Balaban J connectivity index is 1.48. The second-order valence-corrected chi connectivity index (χ2v) is 6.34. The fourth-order valence-corrected chi connectivity index (χ4v) is 3.12. The Morgan fingerprint density at radius 1 is 1.30 bits per heavy atom. The summed E-state index contributed by atoms with van der Waals surface area (Å²) in [6.07, 6.45) is 7.34. The molecule has 5 nitrogen and oxygen atoms in total. The third-order valence-corrected chi connectivity index (χ3v) is 4.50. The Morgan fingerprint density at radius 2 is 2.22 bits per heavy atom. The molecule has 0 spiro atoms. The summed E-state index contributed by atoms with van der Waals surface area (Å²) in [6.45, 7) is 5.41. The maximum Gasteiger partial charge on any atom is 0.217 e. The van der Waals surface area contributed by atoms with Crippen molar-refractivity contribution in [2.75, 3.05) is 13.2 Å². The summed E-state index contributed by atoms with van der Waals surface area (Å²) < 4.78 is 5.63. The second kappa shape index (κ2) is 6.24. The van der Waals surface area contributed by atoms with Crippen LogP contribution >= 0.6 is 0 Å². The van der Waals surface area contributed by atoms with E-state index >= 15 is 0 Å². The topological polar surface area (TPSA) is 51.1 Å². The first kappa shape index (κ1) is 14.6. The number of nitrogens with zero attached hydrogens (tertiary/aromatic N) is 4. The van der Waals surface area contributed by atoms with E-state index in [-0.39, 0.29) is 0 Å². The van der Waals surface area contributed by atoms with Crippen molar-refractivity contribution in [2.24, 2.45) is 0 Å². The Hall–Kier alpha value is -2.01. The van der Waals surface area contributed by atoms with Gasteiger partial charge in [0.1, 0.15) is 5.82 Å². The van der Waals surface area contributed by atoms with Crippen LogP contribution in [0.3, 0.4) is 0 Å². The molecule has 2 aliphatic rings. The normalized spacial score (nSPS) is 17.8. The molecule has 0 atom stereocenters. The van der Waals surface area contributed by atoms with Crippen molar-refractivity contribution in [3.8, 4) is 5.88 Å². The van der Waals surface area contributed by atoms with Gasteiger partial charge in [-0.05, 0) is 25.8 Å². The van der Waals surface area contributed by atoms with Crippen LogP contribution in [-0.2, 0) is 19.5 Å². The average molecular weight is 310 g/mol. The highest BCUT2D eigenvalue weighted by atomic mass is 16.5. The number of aromatic nitrogens is 3. The molecule has 4 rings (SSSR count). The molecule has 1 aliphatic heterocycles. The molecule has 1 fully saturated rings. The summed E-state index contributed by atoms with van der Waals surface area (Å²) in [5.41, 5.74) is 3.66. The molecule has 23 heavy (non-hydrogen) atoms. The van der Waals surface area contributed by atoms with Crippen molar-refractivity contribution in [2.45, 2.75) is 45.2 Å². The maximum absolute atomic E-state index is 5.63. The van der Waals surface area contributed by atoms with Gasteiger partial charge in [0.2, 0.25) is 5.88 Å². The van der Waals surface area contributed by atoms with Gasteiger partial charge in [0, 0.05) is 61.2 Å². The molecule has 0 bridgehead atoms. The number of hydrogen-bond acceptors (Lipinski definition) is 5. The largest absolute Gasteiger partial charge is 0.478 e. The zero-order valence-electron chi connectivity index (χ0n) is 13.5. The molecule has 5 heteroatoms. The molecule has 1 aliphatic carbocycles. The molecule has 2 aromatic rings. The van der Waals surface area contributed by atoms with E-state index in [0.717, 1.165) is 43.3 Å². The zero-order valence-corrected chi connectivity index (χ0v) is 13.5. The Morgan fingerprint density at radius 3 is 3.04 bits per heavy atom. The summed E-state index contributed by atoms with van der Waals surface area (Å²) in [5, 5.41) is 0. The molecule has 1 saturated carbocycles. The van der Waals surface area contributed by atoms with Crippen LogP contribution in [0.4, 0.5) is 0 Å². The van der Waals surface area contributed by atoms with Gasteiger partial charge in [0.05, 0.1) is 6.61 Å². The lowest BCUT2D eigenvalue weighted by Gasteiger charge is -2.28. The summed E-state index contributed by atoms with van der Waals surface area (Å²) in [6, 6.07) is 4.07. The van der Waals surface area contributed by atoms with Crippen LogP contribution in [0.15, 0.2) is 24.5 Å². The molecule has 3 heterocycles. The van der Waals surface area contributed by atoms with Gasteiger partial charge in [-0.1, -0.05) is 6.07 Å². The smallest absolute Gasteiger partial charge is 0.217 e. The van der Waals surface area contributed by atoms with E-state index in [1.807, 2.05) is 19.2 Å². The van der Waals surface area contributed by atoms with Gasteiger partial charge in [-0.15, -0.1) is 0 Å². The van der Waals surface area contributed by atoms with Gasteiger partial charge in [-0.2, -0.15) is 0 Å². The Labute approximate surface area is 136 Å². The van der Waals surface area contributed by atoms with E-state index in [4.69, 9.17) is 9.72 Å². The van der Waals surface area contributed by atoms with E-state index in [0.29, 0.717) is 12.5 Å². The molecule has 0 N–H and O–H groups in total. The molecule has 0 radical (unpaired) electrons. The third-order valence-electron chi connectivity index (χ3n) is 4.50. The molecule has 0 amide bonds. The highest BCUT2D eigenvalue weighted by molar-refractivity contribution is 5.27. The summed E-state index contributed by atoms with van der Waals surface area (Å²) in [4.78, 5) is 16.1. The van der Waals surface area contributed by atoms with Crippen LogP contribution in [0.2, 0.25) is 0 Å². The highest BCUT2D eigenvalue weighted by Crippen LogP contribution is 2.38. The summed E-state index contributed by atoms with van der Waals surface area (Å²) >= 11 is 0. The lowest BCUT2D eigenvalue weighted by atomic mass is 10.1. The van der Waals surface area contributed by atoms with Crippen LogP contribution < -0.4 is 4.74 Å². The number of hydrogen-bond donors (Lipinski definition) is 0. The van der Waals surface area contributed by atoms with E-state index in [1.54, 1.807) is 6.20 Å². The van der Waals surface area contributed by atoms with Gasteiger partial charge < -0.3 is 4.74 Å². The van der Waals surface area contributed by atoms with Crippen LogP contribution in [0, 0.1) is 0 Å². The second-order valence-electron chi connectivity index (χ2n) is 6.34. The molecule has 0 aromatic carbocycles. The molecular weight excluding hydrogens is 288 g/mol. The van der Waals surface area contributed by atoms with Crippen LogP contribution in [-0.4, -0.2) is 33.0 Å². The van der Waals surface area contributed by atoms with Gasteiger partial charge >= 0.3 is 0 Å². The monoisotopic (exact) mass is 310 g/mol. The van der Waals surface area contributed by atoms with Gasteiger partial charge in [0.15, 0.2) is 0 Å². The third kappa shape index (κ3) is 3.20. The predicted octanol–water partition coefficient (Wildman–Crippen LogP) is 2.71. The van der Waals surface area contributed by atoms with Gasteiger partial charge in [-0.25, -0.2) is 15.0 Å². The van der Waals surface area contributed by atoms with Crippen molar-refractivity contribution in [3.05, 3.63) is 47.2 Å². The van der Waals surface area contributed by atoms with E-state index in [9.17, 15) is 0 Å². The van der Waals surface area contributed by atoms with E-state index in [1.165, 1.54) is 24.1 Å². The summed E-state index contributed by atoms with van der Waals surface area (Å²) in [7, 11) is 0. The van der Waals surface area contributed by atoms with Gasteiger partial charge in [0.25, 0.3) is 0 Å². The molecule has 0 unspecified atom stereocenters. The lowest BCUT2D eigenvalue weighted by Crippen LogP contribution is -2.31. The minimum atomic E-state index is 0.627. The number of rotatable bonds is 5. The summed E-state index contributed by atoms with van der Waals surface area (Å²) in [5.74, 6) is 2.44. The van der Waals surface area contributed by atoms with Crippen molar-refractivity contribution in [1.82, 2.24) is 19.9 Å². The number of pyridine rings is 1. The van der Waals surface area contributed by atoms with Crippen molar-refractivity contribution < 1.29 is 4.74 Å². The molecule has 2 aromatic heterocycles. The van der Waals surface area contributed by atoms with Crippen LogP contribution in [0.5, 0.6) is 5.88 Å².